The number of hydrogen-bond acceptors (Lipinski definition) is 1. The second-order valence-electron chi connectivity index (χ2n) is 9.97. The van der Waals surface area contributed by atoms with E-state index >= 15 is 4.39 Å². The number of aryl methyl sites for hydroxylation is 3. The molecule has 1 saturated carbocycles. The maximum Gasteiger partial charge on any atom is 0.134 e. The molecule has 0 saturated heterocycles. The van der Waals surface area contributed by atoms with Gasteiger partial charge in [0.05, 0.1) is 11.6 Å². The Hall–Kier alpha value is -2.66. The van der Waals surface area contributed by atoms with Gasteiger partial charge in [-0.15, -0.1) is 0 Å². The van der Waals surface area contributed by atoms with E-state index in [1.165, 1.54) is 56.9 Å². The van der Waals surface area contributed by atoms with Crippen LogP contribution in [0.25, 0.3) is 10.8 Å². The van der Waals surface area contributed by atoms with Crippen molar-refractivity contribution in [2.75, 3.05) is 0 Å². The molecule has 0 spiro atoms. The van der Waals surface area contributed by atoms with E-state index in [1.54, 1.807) is 0 Å². The topological polar surface area (TPSA) is 23.8 Å². The first-order valence-electron chi connectivity index (χ1n) is 12.8. The molecule has 1 fully saturated rings. The minimum Gasteiger partial charge on any atom is -0.206 e. The van der Waals surface area contributed by atoms with Crippen molar-refractivity contribution in [3.8, 4) is 6.07 Å². The van der Waals surface area contributed by atoms with Crippen LogP contribution in [0.5, 0.6) is 0 Å². The van der Waals surface area contributed by atoms with E-state index in [1.807, 2.05) is 36.4 Å². The molecule has 0 aliphatic heterocycles. The predicted molar refractivity (Wildman–Crippen MR) is 136 cm³/mol. The van der Waals surface area contributed by atoms with Crippen molar-refractivity contribution in [3.63, 3.8) is 0 Å². The monoisotopic (exact) mass is 441 g/mol. The first-order valence-corrected chi connectivity index (χ1v) is 12.8. The zero-order valence-electron chi connectivity index (χ0n) is 20.0. The van der Waals surface area contributed by atoms with Crippen LogP contribution in [-0.4, -0.2) is 0 Å². The Balaban J connectivity index is 1.33. The summed E-state index contributed by atoms with van der Waals surface area (Å²) >= 11 is 0. The Kier molecular flexibility index (Phi) is 8.16. The number of halogens is 1. The number of nitrogens with zero attached hydrogens (tertiary/aromatic N) is 1. The van der Waals surface area contributed by atoms with Gasteiger partial charge in [0.1, 0.15) is 5.82 Å². The van der Waals surface area contributed by atoms with Crippen LogP contribution >= 0.6 is 0 Å². The minimum absolute atomic E-state index is 0.0851. The van der Waals surface area contributed by atoms with Gasteiger partial charge < -0.3 is 0 Å². The van der Waals surface area contributed by atoms with Crippen LogP contribution in [-0.2, 0) is 19.3 Å². The Morgan fingerprint density at radius 1 is 0.818 bits per heavy atom. The first-order chi connectivity index (χ1) is 16.2. The third-order valence-corrected chi connectivity index (χ3v) is 7.64. The fourth-order valence-electron chi connectivity index (χ4n) is 5.43. The summed E-state index contributed by atoms with van der Waals surface area (Å²) in [6, 6.07) is 20.0. The molecule has 0 amide bonds. The van der Waals surface area contributed by atoms with E-state index in [2.05, 4.69) is 31.2 Å². The number of unbranched alkanes of at least 4 members (excludes halogenated alkanes) is 1. The van der Waals surface area contributed by atoms with Crippen LogP contribution in [0.2, 0.25) is 0 Å². The van der Waals surface area contributed by atoms with Gasteiger partial charge >= 0.3 is 0 Å². The van der Waals surface area contributed by atoms with Crippen molar-refractivity contribution in [1.29, 1.82) is 5.26 Å². The lowest BCUT2D eigenvalue weighted by Gasteiger charge is -2.28. The fraction of sp³-hybridized carbons (Fsp3) is 0.452. The van der Waals surface area contributed by atoms with Crippen molar-refractivity contribution < 1.29 is 4.39 Å². The lowest BCUT2D eigenvalue weighted by Crippen LogP contribution is -2.15. The Labute approximate surface area is 198 Å². The average molecular weight is 442 g/mol. The van der Waals surface area contributed by atoms with Crippen molar-refractivity contribution in [2.45, 2.75) is 77.6 Å². The van der Waals surface area contributed by atoms with E-state index < -0.39 is 0 Å². The summed E-state index contributed by atoms with van der Waals surface area (Å²) in [7, 11) is 0. The molecular formula is C31H36FN. The Bertz CT molecular complexity index is 1080. The molecule has 3 aromatic rings. The number of nitriles is 1. The largest absolute Gasteiger partial charge is 0.206 e. The summed E-state index contributed by atoms with van der Waals surface area (Å²) in [4.78, 5) is 0. The number of fused-ring (bicyclic) bond motifs is 1. The van der Waals surface area contributed by atoms with E-state index in [0.29, 0.717) is 12.0 Å². The van der Waals surface area contributed by atoms with Crippen molar-refractivity contribution in [1.82, 2.24) is 0 Å². The van der Waals surface area contributed by atoms with Gasteiger partial charge in [0.15, 0.2) is 0 Å². The SMILES string of the molecule is CCCCC1CCC(CCc2ccc3c(F)c(CCc4ccc(C#N)cc4)ccc3c2)CC1. The molecule has 2 heteroatoms. The zero-order valence-corrected chi connectivity index (χ0v) is 20.0. The lowest BCUT2D eigenvalue weighted by atomic mass is 9.78. The van der Waals surface area contributed by atoms with E-state index in [0.717, 1.165) is 46.6 Å². The number of rotatable bonds is 9. The maximum absolute atomic E-state index is 15.2. The summed E-state index contributed by atoms with van der Waals surface area (Å²) in [6.45, 7) is 2.29. The normalized spacial score (nSPS) is 18.3. The summed E-state index contributed by atoms with van der Waals surface area (Å²) in [6.07, 6.45) is 13.5. The fourth-order valence-corrected chi connectivity index (χ4v) is 5.43. The molecule has 0 heterocycles. The Morgan fingerprint density at radius 2 is 1.52 bits per heavy atom. The highest BCUT2D eigenvalue weighted by molar-refractivity contribution is 5.84. The van der Waals surface area contributed by atoms with Crippen LogP contribution in [0, 0.1) is 29.0 Å². The highest BCUT2D eigenvalue weighted by Gasteiger charge is 2.20. The number of hydrogen-bond donors (Lipinski definition) is 0. The van der Waals surface area contributed by atoms with Crippen molar-refractivity contribution in [3.05, 3.63) is 82.7 Å². The lowest BCUT2D eigenvalue weighted by molar-refractivity contribution is 0.250. The minimum atomic E-state index is -0.0851. The van der Waals surface area contributed by atoms with Gasteiger partial charge in [-0.05, 0) is 71.7 Å². The third kappa shape index (κ3) is 6.23. The van der Waals surface area contributed by atoms with Gasteiger partial charge in [-0.3, -0.25) is 0 Å². The molecule has 0 unspecified atom stereocenters. The zero-order chi connectivity index (χ0) is 23.0. The molecular weight excluding hydrogens is 405 g/mol. The van der Waals surface area contributed by atoms with Crippen LogP contribution in [0.3, 0.4) is 0 Å². The van der Waals surface area contributed by atoms with Crippen LogP contribution in [0.4, 0.5) is 4.39 Å². The summed E-state index contributed by atoms with van der Waals surface area (Å²) in [5.74, 6) is 1.74. The second kappa shape index (κ2) is 11.5. The molecule has 0 atom stereocenters. The van der Waals surface area contributed by atoms with Crippen LogP contribution in [0.15, 0.2) is 54.6 Å². The molecule has 0 bridgehead atoms. The smallest absolute Gasteiger partial charge is 0.134 e. The van der Waals surface area contributed by atoms with Crippen LogP contribution in [0.1, 0.15) is 80.5 Å². The van der Waals surface area contributed by atoms with Crippen LogP contribution < -0.4 is 0 Å². The standard InChI is InChI=1S/C31H36FN/c1-2-3-4-23-5-7-24(8-6-23)9-12-26-16-20-30-29(21-26)19-18-28(31(30)32)17-15-25-10-13-27(22-33)14-11-25/h10-11,13-14,16,18-21,23-24H,2-9,12,15,17H2,1H3. The van der Waals surface area contributed by atoms with Gasteiger partial charge in [-0.2, -0.15) is 5.26 Å². The first kappa shape index (κ1) is 23.5. The van der Waals surface area contributed by atoms with Gasteiger partial charge in [0.2, 0.25) is 0 Å². The highest BCUT2D eigenvalue weighted by atomic mass is 19.1. The maximum atomic E-state index is 15.2. The molecule has 33 heavy (non-hydrogen) atoms. The molecule has 0 N–H and O–H groups in total. The Morgan fingerprint density at radius 3 is 2.21 bits per heavy atom. The van der Waals surface area contributed by atoms with Gasteiger partial charge in [-0.1, -0.05) is 94.3 Å². The molecule has 172 valence electrons. The predicted octanol–water partition coefficient (Wildman–Crippen LogP) is 8.56. The van der Waals surface area contributed by atoms with Crippen molar-refractivity contribution >= 4 is 10.8 Å². The molecule has 3 aromatic carbocycles. The molecule has 4 rings (SSSR count). The van der Waals surface area contributed by atoms with Crippen molar-refractivity contribution in [2.24, 2.45) is 11.8 Å². The van der Waals surface area contributed by atoms with Gasteiger partial charge in [0, 0.05) is 5.39 Å². The summed E-state index contributed by atoms with van der Waals surface area (Å²) in [5, 5.41) is 10.7. The third-order valence-electron chi connectivity index (χ3n) is 7.64. The van der Waals surface area contributed by atoms with E-state index in [4.69, 9.17) is 5.26 Å². The van der Waals surface area contributed by atoms with Gasteiger partial charge in [-0.25, -0.2) is 4.39 Å². The molecule has 1 aliphatic carbocycles. The number of benzene rings is 3. The molecule has 1 nitrogen and oxygen atoms in total. The summed E-state index contributed by atoms with van der Waals surface area (Å²) < 4.78 is 15.2. The average Bonchev–Trinajstić information content (AvgIpc) is 2.86. The second-order valence-corrected chi connectivity index (χ2v) is 9.97. The van der Waals surface area contributed by atoms with Gasteiger partial charge in [0.25, 0.3) is 0 Å². The van der Waals surface area contributed by atoms with E-state index in [9.17, 15) is 0 Å². The summed E-state index contributed by atoms with van der Waals surface area (Å²) in [5.41, 5.74) is 3.88. The highest BCUT2D eigenvalue weighted by Crippen LogP contribution is 2.34. The molecule has 0 radical (unpaired) electrons. The quantitative estimate of drug-likeness (QED) is 0.326. The molecule has 1 aliphatic rings. The molecule has 0 aromatic heterocycles. The van der Waals surface area contributed by atoms with E-state index in [-0.39, 0.29) is 5.82 Å².